The summed E-state index contributed by atoms with van der Waals surface area (Å²) in [5.41, 5.74) is 0. The van der Waals surface area contributed by atoms with Crippen LogP contribution in [0.3, 0.4) is 0 Å². The van der Waals surface area contributed by atoms with Crippen LogP contribution in [-0.2, 0) is 20.9 Å². The average molecular weight is 281 g/mol. The lowest BCUT2D eigenvalue weighted by Crippen LogP contribution is -2.41. The Balaban J connectivity index is 1.67. The van der Waals surface area contributed by atoms with Gasteiger partial charge in [-0.2, -0.15) is 0 Å². The lowest BCUT2D eigenvalue weighted by Gasteiger charge is -2.31. The number of aromatic nitrogens is 2. The summed E-state index contributed by atoms with van der Waals surface area (Å²) < 4.78 is 7.12. The first kappa shape index (κ1) is 14.5. The predicted molar refractivity (Wildman–Crippen MR) is 70.0 cm³/mol. The Morgan fingerprint density at radius 2 is 2.10 bits per heavy atom. The molecule has 0 unspecified atom stereocenters. The van der Waals surface area contributed by atoms with E-state index in [9.17, 15) is 9.59 Å². The lowest BCUT2D eigenvalue weighted by atomic mass is 10.1. The van der Waals surface area contributed by atoms with Gasteiger partial charge >= 0.3 is 5.97 Å². The molecule has 1 saturated heterocycles. The Kier molecular flexibility index (Phi) is 5.11. The molecule has 0 atom stereocenters. The molecule has 1 aromatic heterocycles. The molecule has 2 heterocycles. The van der Waals surface area contributed by atoms with Crippen LogP contribution in [0, 0.1) is 0 Å². The van der Waals surface area contributed by atoms with E-state index in [2.05, 4.69) is 4.98 Å². The number of nitrogens with zero attached hydrogens (tertiary/aromatic N) is 3. The van der Waals surface area contributed by atoms with Gasteiger partial charge in [0, 0.05) is 38.4 Å². The zero-order valence-corrected chi connectivity index (χ0v) is 11.3. The molecule has 0 saturated carbocycles. The molecule has 7 heteroatoms. The van der Waals surface area contributed by atoms with Gasteiger partial charge in [-0.25, -0.2) is 9.78 Å². The Hall–Kier alpha value is -1.89. The number of aliphatic carboxylic acids is 1. The highest BCUT2D eigenvalue weighted by Gasteiger charge is 2.23. The van der Waals surface area contributed by atoms with E-state index in [0.717, 1.165) is 0 Å². The van der Waals surface area contributed by atoms with Crippen molar-refractivity contribution in [3.8, 4) is 0 Å². The number of carboxylic acids is 1. The topological polar surface area (TPSA) is 84.7 Å². The highest BCUT2D eigenvalue weighted by Crippen LogP contribution is 2.14. The normalized spacial score (nSPS) is 16.3. The number of rotatable bonds is 6. The molecule has 110 valence electrons. The fourth-order valence-electron chi connectivity index (χ4n) is 2.26. The van der Waals surface area contributed by atoms with Crippen LogP contribution in [0.15, 0.2) is 18.7 Å². The summed E-state index contributed by atoms with van der Waals surface area (Å²) in [5, 5.41) is 8.55. The zero-order valence-electron chi connectivity index (χ0n) is 11.3. The minimum Gasteiger partial charge on any atom is -0.480 e. The van der Waals surface area contributed by atoms with E-state index in [0.29, 0.717) is 38.9 Å². The van der Waals surface area contributed by atoms with E-state index in [1.165, 1.54) is 0 Å². The summed E-state index contributed by atoms with van der Waals surface area (Å²) in [6.07, 6.45) is 7.02. The minimum atomic E-state index is -0.955. The number of amides is 1. The van der Waals surface area contributed by atoms with Gasteiger partial charge in [-0.05, 0) is 12.8 Å². The summed E-state index contributed by atoms with van der Waals surface area (Å²) in [6, 6.07) is 0. The molecule has 0 radical (unpaired) electrons. The van der Waals surface area contributed by atoms with E-state index in [-0.39, 0.29) is 18.6 Å². The number of hydrogen-bond acceptors (Lipinski definition) is 4. The first-order valence-electron chi connectivity index (χ1n) is 6.72. The van der Waals surface area contributed by atoms with Gasteiger partial charge in [-0.1, -0.05) is 0 Å². The Bertz CT molecular complexity index is 438. The summed E-state index contributed by atoms with van der Waals surface area (Å²) in [6.45, 7) is 1.63. The maximum atomic E-state index is 12.0. The van der Waals surface area contributed by atoms with Crippen LogP contribution in [0.5, 0.6) is 0 Å². The Labute approximate surface area is 117 Å². The van der Waals surface area contributed by atoms with Crippen molar-refractivity contribution < 1.29 is 19.4 Å². The third kappa shape index (κ3) is 4.34. The predicted octanol–water partition coefficient (Wildman–Crippen LogP) is 0.365. The molecule has 1 aliphatic heterocycles. The van der Waals surface area contributed by atoms with E-state index < -0.39 is 5.97 Å². The number of imidazole rings is 1. The van der Waals surface area contributed by atoms with Gasteiger partial charge < -0.3 is 19.3 Å². The van der Waals surface area contributed by atoms with Crippen molar-refractivity contribution in [1.29, 1.82) is 0 Å². The minimum absolute atomic E-state index is 0.0520. The fraction of sp³-hybridized carbons (Fsp3) is 0.615. The zero-order chi connectivity index (χ0) is 14.4. The number of piperidine rings is 1. The van der Waals surface area contributed by atoms with Crippen molar-refractivity contribution in [2.24, 2.45) is 0 Å². The molecule has 0 aromatic carbocycles. The average Bonchev–Trinajstić information content (AvgIpc) is 2.96. The second-order valence-electron chi connectivity index (χ2n) is 4.84. The van der Waals surface area contributed by atoms with Gasteiger partial charge in [0.2, 0.25) is 5.91 Å². The summed E-state index contributed by atoms with van der Waals surface area (Å²) in [7, 11) is 0. The highest BCUT2D eigenvalue weighted by atomic mass is 16.5. The molecule has 1 aromatic rings. The third-order valence-electron chi connectivity index (χ3n) is 3.38. The van der Waals surface area contributed by atoms with Gasteiger partial charge in [0.1, 0.15) is 6.61 Å². The second kappa shape index (κ2) is 7.04. The van der Waals surface area contributed by atoms with Gasteiger partial charge in [-0.3, -0.25) is 4.79 Å². The number of ether oxygens (including phenoxy) is 1. The largest absolute Gasteiger partial charge is 0.480 e. The molecule has 1 N–H and O–H groups in total. The summed E-state index contributed by atoms with van der Waals surface area (Å²) >= 11 is 0. The monoisotopic (exact) mass is 281 g/mol. The SMILES string of the molecule is O=C(O)COC1CCN(C(=O)CCn2ccnc2)CC1. The maximum absolute atomic E-state index is 12.0. The molecule has 2 rings (SSSR count). The van der Waals surface area contributed by atoms with Crippen molar-refractivity contribution in [3.05, 3.63) is 18.7 Å². The van der Waals surface area contributed by atoms with Crippen molar-refractivity contribution >= 4 is 11.9 Å². The quantitative estimate of drug-likeness (QED) is 0.814. The number of aryl methyl sites for hydroxylation is 1. The Morgan fingerprint density at radius 1 is 1.35 bits per heavy atom. The molecular weight excluding hydrogens is 262 g/mol. The number of hydrogen-bond donors (Lipinski definition) is 1. The van der Waals surface area contributed by atoms with Crippen LogP contribution >= 0.6 is 0 Å². The molecule has 0 spiro atoms. The standard InChI is InChI=1S/C13H19N3O4/c17-12(3-5-15-8-4-14-10-15)16-6-1-11(2-7-16)20-9-13(18)19/h4,8,10-11H,1-3,5-7,9H2,(H,18,19). The first-order chi connectivity index (χ1) is 9.65. The summed E-state index contributed by atoms with van der Waals surface area (Å²) in [4.78, 5) is 28.2. The lowest BCUT2D eigenvalue weighted by molar-refractivity contribution is -0.146. The van der Waals surface area contributed by atoms with Crippen LogP contribution in [0.25, 0.3) is 0 Å². The van der Waals surface area contributed by atoms with E-state index in [1.54, 1.807) is 12.5 Å². The molecule has 20 heavy (non-hydrogen) atoms. The molecule has 0 bridgehead atoms. The first-order valence-corrected chi connectivity index (χ1v) is 6.72. The van der Waals surface area contributed by atoms with Crippen LogP contribution < -0.4 is 0 Å². The van der Waals surface area contributed by atoms with Crippen molar-refractivity contribution in [3.63, 3.8) is 0 Å². The molecule has 1 fully saturated rings. The molecule has 0 aliphatic carbocycles. The molecule has 1 amide bonds. The fourth-order valence-corrected chi connectivity index (χ4v) is 2.26. The van der Waals surface area contributed by atoms with Crippen LogP contribution in [0.4, 0.5) is 0 Å². The van der Waals surface area contributed by atoms with Gasteiger partial charge in [0.05, 0.1) is 12.4 Å². The molecular formula is C13H19N3O4. The summed E-state index contributed by atoms with van der Waals surface area (Å²) in [5.74, 6) is -0.834. The highest BCUT2D eigenvalue weighted by molar-refractivity contribution is 5.76. The van der Waals surface area contributed by atoms with Gasteiger partial charge in [0.25, 0.3) is 0 Å². The number of likely N-dealkylation sites (tertiary alicyclic amines) is 1. The van der Waals surface area contributed by atoms with E-state index >= 15 is 0 Å². The molecule has 7 nitrogen and oxygen atoms in total. The van der Waals surface area contributed by atoms with Crippen molar-refractivity contribution in [2.75, 3.05) is 19.7 Å². The van der Waals surface area contributed by atoms with Crippen LogP contribution in [0.1, 0.15) is 19.3 Å². The maximum Gasteiger partial charge on any atom is 0.329 e. The molecule has 1 aliphatic rings. The van der Waals surface area contributed by atoms with Crippen LogP contribution in [-0.4, -0.2) is 57.2 Å². The van der Waals surface area contributed by atoms with Gasteiger partial charge in [0.15, 0.2) is 0 Å². The second-order valence-corrected chi connectivity index (χ2v) is 4.84. The smallest absolute Gasteiger partial charge is 0.329 e. The van der Waals surface area contributed by atoms with E-state index in [1.807, 2.05) is 15.7 Å². The number of carbonyl (C=O) groups is 2. The van der Waals surface area contributed by atoms with Crippen LogP contribution in [0.2, 0.25) is 0 Å². The third-order valence-corrected chi connectivity index (χ3v) is 3.38. The number of carbonyl (C=O) groups excluding carboxylic acids is 1. The Morgan fingerprint density at radius 3 is 2.70 bits per heavy atom. The number of carboxylic acid groups (broad SMARTS) is 1. The van der Waals surface area contributed by atoms with E-state index in [4.69, 9.17) is 9.84 Å². The van der Waals surface area contributed by atoms with Gasteiger partial charge in [-0.15, -0.1) is 0 Å². The van der Waals surface area contributed by atoms with Crippen molar-refractivity contribution in [1.82, 2.24) is 14.5 Å². The van der Waals surface area contributed by atoms with Crippen molar-refractivity contribution in [2.45, 2.75) is 31.9 Å².